The number of carbonyl (C=O) groups excluding carboxylic acids is 1. The van der Waals surface area contributed by atoms with Gasteiger partial charge in [0.2, 0.25) is 5.91 Å². The Morgan fingerprint density at radius 2 is 1.70 bits per heavy atom. The molecule has 0 aromatic heterocycles. The summed E-state index contributed by atoms with van der Waals surface area (Å²) >= 11 is 0. The minimum Gasteiger partial charge on any atom is -0.369 e. The Balaban J connectivity index is 3.32. The summed E-state index contributed by atoms with van der Waals surface area (Å²) in [6.45, 7) is 0. The zero-order valence-electron chi connectivity index (χ0n) is 10.9. The molecule has 1 aromatic rings. The summed E-state index contributed by atoms with van der Waals surface area (Å²) in [6, 6.07) is 1.81. The van der Waals surface area contributed by atoms with Gasteiger partial charge in [-0.2, -0.15) is 31.6 Å². The molecule has 23 heavy (non-hydrogen) atoms. The second kappa shape index (κ2) is 6.04. The highest BCUT2D eigenvalue weighted by Crippen LogP contribution is 2.50. The van der Waals surface area contributed by atoms with Crippen molar-refractivity contribution in [3.63, 3.8) is 0 Å². The topological polar surface area (TPSA) is 73.1 Å². The molecule has 0 saturated carbocycles. The highest BCUT2D eigenvalue weighted by atomic mass is 19.4. The van der Waals surface area contributed by atoms with Crippen LogP contribution in [0.2, 0.25) is 0 Å². The van der Waals surface area contributed by atoms with E-state index in [0.29, 0.717) is 6.07 Å². The Labute approximate surface area is 124 Å². The van der Waals surface area contributed by atoms with E-state index in [0.717, 1.165) is 0 Å². The quantitative estimate of drug-likeness (QED) is 0.828. The Morgan fingerprint density at radius 1 is 1.17 bits per heavy atom. The van der Waals surface area contributed by atoms with E-state index < -0.39 is 47.3 Å². The van der Waals surface area contributed by atoms with Crippen LogP contribution in [0.1, 0.15) is 12.0 Å². The number of aliphatic hydroxyl groups is 1. The third-order valence-corrected chi connectivity index (χ3v) is 2.72. The van der Waals surface area contributed by atoms with Crippen molar-refractivity contribution in [1.29, 1.82) is 5.26 Å². The second-order valence-electron chi connectivity index (χ2n) is 4.28. The summed E-state index contributed by atoms with van der Waals surface area (Å²) in [7, 11) is 0. The SMILES string of the molecule is N#CCC(=O)Nc1ccc(C(O)(C(F)(F)F)C(F)(F)F)cc1F. The van der Waals surface area contributed by atoms with Gasteiger partial charge in [0.1, 0.15) is 12.2 Å². The van der Waals surface area contributed by atoms with Gasteiger partial charge < -0.3 is 10.4 Å². The normalized spacial score (nSPS) is 12.7. The Kier molecular flexibility index (Phi) is 4.91. The molecule has 1 aromatic carbocycles. The molecule has 0 fully saturated rings. The zero-order valence-corrected chi connectivity index (χ0v) is 10.9. The summed E-state index contributed by atoms with van der Waals surface area (Å²) in [4.78, 5) is 11.1. The molecule has 0 radical (unpaired) electrons. The second-order valence-corrected chi connectivity index (χ2v) is 4.28. The average Bonchev–Trinajstić information content (AvgIpc) is 2.37. The lowest BCUT2D eigenvalue weighted by Crippen LogP contribution is -2.54. The van der Waals surface area contributed by atoms with Crippen LogP contribution in [0.4, 0.5) is 36.4 Å². The van der Waals surface area contributed by atoms with Crippen molar-refractivity contribution in [2.75, 3.05) is 5.32 Å². The number of alkyl halides is 6. The minimum absolute atomic E-state index is 0.173. The van der Waals surface area contributed by atoms with Crippen molar-refractivity contribution < 1.29 is 40.6 Å². The molecule has 0 bridgehead atoms. The molecule has 0 heterocycles. The van der Waals surface area contributed by atoms with Crippen LogP contribution >= 0.6 is 0 Å². The number of nitrogens with zero attached hydrogens (tertiary/aromatic N) is 1. The van der Waals surface area contributed by atoms with Gasteiger partial charge >= 0.3 is 12.4 Å². The van der Waals surface area contributed by atoms with Crippen molar-refractivity contribution in [3.05, 3.63) is 29.6 Å². The average molecular weight is 344 g/mol. The van der Waals surface area contributed by atoms with Crippen molar-refractivity contribution in [2.24, 2.45) is 0 Å². The van der Waals surface area contributed by atoms with Crippen molar-refractivity contribution in [3.8, 4) is 6.07 Å². The first-order valence-electron chi connectivity index (χ1n) is 5.67. The number of nitriles is 1. The van der Waals surface area contributed by atoms with E-state index >= 15 is 0 Å². The first kappa shape index (κ1) is 18.7. The van der Waals surface area contributed by atoms with Gasteiger partial charge in [-0.05, 0) is 12.1 Å². The fourth-order valence-corrected chi connectivity index (χ4v) is 1.60. The van der Waals surface area contributed by atoms with Gasteiger partial charge in [-0.3, -0.25) is 4.79 Å². The van der Waals surface area contributed by atoms with Crippen LogP contribution in [0, 0.1) is 17.1 Å². The molecule has 1 amide bonds. The van der Waals surface area contributed by atoms with Gasteiger partial charge in [0.15, 0.2) is 0 Å². The third-order valence-electron chi connectivity index (χ3n) is 2.72. The lowest BCUT2D eigenvalue weighted by atomic mass is 9.92. The lowest BCUT2D eigenvalue weighted by molar-refractivity contribution is -0.376. The van der Waals surface area contributed by atoms with E-state index in [9.17, 15) is 35.5 Å². The summed E-state index contributed by atoms with van der Waals surface area (Å²) in [5, 5.41) is 19.1. The number of nitrogens with one attached hydrogen (secondary N) is 1. The lowest BCUT2D eigenvalue weighted by Gasteiger charge is -2.32. The smallest absolute Gasteiger partial charge is 0.369 e. The van der Waals surface area contributed by atoms with Crippen molar-refractivity contribution in [2.45, 2.75) is 24.4 Å². The Morgan fingerprint density at radius 3 is 2.09 bits per heavy atom. The highest BCUT2D eigenvalue weighted by molar-refractivity contribution is 5.92. The summed E-state index contributed by atoms with van der Waals surface area (Å²) in [6.07, 6.45) is -13.0. The van der Waals surface area contributed by atoms with E-state index in [-0.39, 0.29) is 12.1 Å². The predicted molar refractivity (Wildman–Crippen MR) is 61.3 cm³/mol. The van der Waals surface area contributed by atoms with Crippen LogP contribution in [0.3, 0.4) is 0 Å². The van der Waals surface area contributed by atoms with E-state index in [1.165, 1.54) is 6.07 Å². The number of amides is 1. The monoisotopic (exact) mass is 344 g/mol. The largest absolute Gasteiger partial charge is 0.430 e. The van der Waals surface area contributed by atoms with Gasteiger partial charge in [0.25, 0.3) is 5.60 Å². The number of benzene rings is 1. The molecule has 0 atom stereocenters. The van der Waals surface area contributed by atoms with Gasteiger partial charge in [-0.25, -0.2) is 4.39 Å². The summed E-state index contributed by atoms with van der Waals surface area (Å²) in [5.41, 5.74) is -7.80. The van der Waals surface area contributed by atoms with E-state index in [4.69, 9.17) is 10.4 Å². The molecule has 4 nitrogen and oxygen atoms in total. The molecular weight excluding hydrogens is 337 g/mol. The summed E-state index contributed by atoms with van der Waals surface area (Å²) in [5.74, 6) is -2.65. The first-order valence-corrected chi connectivity index (χ1v) is 5.67. The van der Waals surface area contributed by atoms with Crippen LogP contribution in [0.25, 0.3) is 0 Å². The molecule has 1 rings (SSSR count). The highest BCUT2D eigenvalue weighted by Gasteiger charge is 2.71. The van der Waals surface area contributed by atoms with Gasteiger partial charge in [-0.1, -0.05) is 6.07 Å². The number of halogens is 7. The molecule has 126 valence electrons. The maximum atomic E-state index is 13.6. The van der Waals surface area contributed by atoms with E-state index in [2.05, 4.69) is 0 Å². The fraction of sp³-hybridized carbons (Fsp3) is 0.333. The number of hydrogen-bond donors (Lipinski definition) is 2. The number of hydrogen-bond acceptors (Lipinski definition) is 3. The maximum absolute atomic E-state index is 13.6. The number of rotatable bonds is 3. The molecule has 11 heteroatoms. The van der Waals surface area contributed by atoms with Crippen LogP contribution in [-0.2, 0) is 10.4 Å². The maximum Gasteiger partial charge on any atom is 0.430 e. The Bertz CT molecular complexity index is 632. The Hall–Kier alpha value is -2.35. The fourth-order valence-electron chi connectivity index (χ4n) is 1.60. The molecule has 2 N–H and O–H groups in total. The molecule has 0 aliphatic heterocycles. The molecular formula is C12H7F7N2O2. The van der Waals surface area contributed by atoms with E-state index in [1.807, 2.05) is 0 Å². The van der Waals surface area contributed by atoms with Crippen molar-refractivity contribution in [1.82, 2.24) is 0 Å². The first-order chi connectivity index (χ1) is 10.3. The predicted octanol–water partition coefficient (Wildman–Crippen LogP) is 2.99. The number of anilines is 1. The zero-order chi connectivity index (χ0) is 18.1. The molecule has 0 aliphatic rings. The number of carbonyl (C=O) groups is 1. The third kappa shape index (κ3) is 3.53. The van der Waals surface area contributed by atoms with Crippen LogP contribution in [-0.4, -0.2) is 23.4 Å². The molecule has 0 unspecified atom stereocenters. The molecule has 0 saturated heterocycles. The van der Waals surface area contributed by atoms with Gasteiger partial charge in [0.05, 0.1) is 11.8 Å². The molecule has 0 aliphatic carbocycles. The van der Waals surface area contributed by atoms with Crippen LogP contribution < -0.4 is 5.32 Å². The molecule has 0 spiro atoms. The van der Waals surface area contributed by atoms with Crippen LogP contribution in [0.15, 0.2) is 18.2 Å². The summed E-state index contributed by atoms with van der Waals surface area (Å²) < 4.78 is 89.4. The van der Waals surface area contributed by atoms with Gasteiger partial charge in [0, 0.05) is 5.56 Å². The minimum atomic E-state index is -6.15. The van der Waals surface area contributed by atoms with Crippen molar-refractivity contribution >= 4 is 11.6 Å². The van der Waals surface area contributed by atoms with Crippen LogP contribution in [0.5, 0.6) is 0 Å². The van der Waals surface area contributed by atoms with Gasteiger partial charge in [-0.15, -0.1) is 0 Å². The van der Waals surface area contributed by atoms with E-state index in [1.54, 1.807) is 5.32 Å². The standard InChI is InChI=1S/C12H7F7N2O2/c13-7-5-6(1-2-8(7)21-9(22)3-4-20)10(23,11(14,15)16)12(17,18)19/h1-2,5,23H,3H2,(H,21,22).